The van der Waals surface area contributed by atoms with E-state index in [1.807, 2.05) is 34.0 Å². The molecule has 0 radical (unpaired) electrons. The third-order valence-corrected chi connectivity index (χ3v) is 2.91. The van der Waals surface area contributed by atoms with Crippen LogP contribution < -0.4 is 10.1 Å². The fraction of sp³-hybridized carbons (Fsp3) is 0.400. The molecule has 1 N–H and O–H groups in total. The van der Waals surface area contributed by atoms with Crippen molar-refractivity contribution in [2.75, 3.05) is 26.0 Å². The van der Waals surface area contributed by atoms with E-state index < -0.39 is 0 Å². The average Bonchev–Trinajstić information content (AvgIpc) is 2.50. The van der Waals surface area contributed by atoms with Gasteiger partial charge in [0.1, 0.15) is 29.4 Å². The molecule has 0 aliphatic carbocycles. The highest BCUT2D eigenvalue weighted by molar-refractivity contribution is 5.52. The zero-order valence-electron chi connectivity index (χ0n) is 13.6. The van der Waals surface area contributed by atoms with Crippen molar-refractivity contribution in [3.05, 3.63) is 29.8 Å². The Bertz CT molecular complexity index is 694. The predicted octanol–water partition coefficient (Wildman–Crippen LogP) is 1.52. The molecule has 8 nitrogen and oxygen atoms in total. The van der Waals surface area contributed by atoms with Gasteiger partial charge in [-0.3, -0.25) is 0 Å². The Morgan fingerprint density at radius 3 is 2.65 bits per heavy atom. The molecular weight excluding hydrogens is 294 g/mol. The molecule has 0 aliphatic heterocycles. The number of hydrogen-bond acceptors (Lipinski definition) is 8. The van der Waals surface area contributed by atoms with E-state index in [-0.39, 0.29) is 11.8 Å². The van der Waals surface area contributed by atoms with Crippen LogP contribution in [0.1, 0.15) is 18.3 Å². The number of nitrogens with one attached hydrogen (secondary N) is 1. The van der Waals surface area contributed by atoms with Crippen LogP contribution in [0.25, 0.3) is 0 Å². The van der Waals surface area contributed by atoms with Gasteiger partial charge in [-0.15, -0.1) is 10.2 Å². The van der Waals surface area contributed by atoms with Crippen molar-refractivity contribution in [1.29, 1.82) is 5.26 Å². The van der Waals surface area contributed by atoms with Crippen LogP contribution >= 0.6 is 0 Å². The Morgan fingerprint density at radius 1 is 1.26 bits per heavy atom. The molecule has 0 spiro atoms. The standard InChI is InChI=1S/C15H19N7O/c1-10(9-22(3)4)23-13-5-14(21-20-11(13)2)19-15-8-17-12(6-16)7-18-15/h5,7-8,10H,9H2,1-4H3,(H,18,19,21). The van der Waals surface area contributed by atoms with Crippen LogP contribution in [0.2, 0.25) is 0 Å². The number of anilines is 2. The Hall–Kier alpha value is -2.79. The van der Waals surface area contributed by atoms with Gasteiger partial charge in [0.15, 0.2) is 11.5 Å². The molecule has 120 valence electrons. The molecule has 2 rings (SSSR count). The first-order valence-electron chi connectivity index (χ1n) is 7.13. The lowest BCUT2D eigenvalue weighted by atomic mass is 10.3. The van der Waals surface area contributed by atoms with Crippen LogP contribution in [0.4, 0.5) is 11.6 Å². The Morgan fingerprint density at radius 2 is 2.04 bits per heavy atom. The summed E-state index contributed by atoms with van der Waals surface area (Å²) in [5.74, 6) is 1.65. The monoisotopic (exact) mass is 313 g/mol. The normalized spacial score (nSPS) is 11.8. The summed E-state index contributed by atoms with van der Waals surface area (Å²) in [4.78, 5) is 10.1. The molecule has 1 unspecified atom stereocenters. The molecule has 0 aliphatic rings. The van der Waals surface area contributed by atoms with Crippen LogP contribution in [-0.2, 0) is 0 Å². The smallest absolute Gasteiger partial charge is 0.158 e. The van der Waals surface area contributed by atoms with E-state index in [1.165, 1.54) is 12.4 Å². The van der Waals surface area contributed by atoms with Crippen molar-refractivity contribution in [2.45, 2.75) is 20.0 Å². The van der Waals surface area contributed by atoms with Crippen molar-refractivity contribution in [2.24, 2.45) is 0 Å². The van der Waals surface area contributed by atoms with E-state index in [9.17, 15) is 0 Å². The summed E-state index contributed by atoms with van der Waals surface area (Å²) < 4.78 is 5.91. The van der Waals surface area contributed by atoms with E-state index in [0.717, 1.165) is 6.54 Å². The van der Waals surface area contributed by atoms with Crippen LogP contribution in [0.3, 0.4) is 0 Å². The lowest BCUT2D eigenvalue weighted by Gasteiger charge is -2.19. The number of likely N-dealkylation sites (N-methyl/N-ethyl adjacent to an activating group) is 1. The summed E-state index contributed by atoms with van der Waals surface area (Å²) in [6, 6.07) is 3.69. The molecule has 2 aromatic heterocycles. The maximum absolute atomic E-state index is 8.72. The van der Waals surface area contributed by atoms with Crippen molar-refractivity contribution >= 4 is 11.6 Å². The topological polar surface area (TPSA) is 99.9 Å². The summed E-state index contributed by atoms with van der Waals surface area (Å²) in [7, 11) is 3.99. The van der Waals surface area contributed by atoms with Gasteiger partial charge in [-0.1, -0.05) is 0 Å². The minimum absolute atomic E-state index is 0.0236. The molecule has 0 amide bonds. The number of aryl methyl sites for hydroxylation is 1. The minimum Gasteiger partial charge on any atom is -0.487 e. The zero-order chi connectivity index (χ0) is 16.8. The van der Waals surface area contributed by atoms with Crippen molar-refractivity contribution in [3.8, 4) is 11.8 Å². The number of ether oxygens (including phenoxy) is 1. The van der Waals surface area contributed by atoms with Crippen molar-refractivity contribution < 1.29 is 4.74 Å². The fourth-order valence-electron chi connectivity index (χ4n) is 1.97. The molecule has 0 bridgehead atoms. The second-order valence-corrected chi connectivity index (χ2v) is 5.39. The first-order valence-corrected chi connectivity index (χ1v) is 7.13. The molecule has 2 aromatic rings. The van der Waals surface area contributed by atoms with Crippen molar-refractivity contribution in [3.63, 3.8) is 0 Å². The number of nitrogens with zero attached hydrogens (tertiary/aromatic N) is 6. The highest BCUT2D eigenvalue weighted by Crippen LogP contribution is 2.21. The van der Waals surface area contributed by atoms with Gasteiger partial charge in [0.05, 0.1) is 12.4 Å². The van der Waals surface area contributed by atoms with Crippen molar-refractivity contribution in [1.82, 2.24) is 25.1 Å². The summed E-state index contributed by atoms with van der Waals surface area (Å²) in [6.07, 6.45) is 2.88. The molecule has 2 heterocycles. The van der Waals surface area contributed by atoms with Crippen LogP contribution in [0, 0.1) is 18.3 Å². The van der Waals surface area contributed by atoms with Gasteiger partial charge in [-0.25, -0.2) is 9.97 Å². The summed E-state index contributed by atoms with van der Waals surface area (Å²) in [5, 5.41) is 19.9. The number of hydrogen-bond donors (Lipinski definition) is 1. The molecule has 8 heteroatoms. The molecule has 0 saturated carbocycles. The third kappa shape index (κ3) is 4.86. The number of rotatable bonds is 6. The van der Waals surface area contributed by atoms with Gasteiger partial charge in [-0.05, 0) is 27.9 Å². The quantitative estimate of drug-likeness (QED) is 0.856. The van der Waals surface area contributed by atoms with Crippen LogP contribution in [-0.4, -0.2) is 51.8 Å². The first-order chi connectivity index (χ1) is 11.0. The maximum Gasteiger partial charge on any atom is 0.158 e. The largest absolute Gasteiger partial charge is 0.487 e. The van der Waals surface area contributed by atoms with Gasteiger partial charge in [0.2, 0.25) is 0 Å². The molecule has 23 heavy (non-hydrogen) atoms. The third-order valence-electron chi connectivity index (χ3n) is 2.91. The predicted molar refractivity (Wildman–Crippen MR) is 85.4 cm³/mol. The van der Waals surface area contributed by atoms with E-state index in [2.05, 4.69) is 30.4 Å². The van der Waals surface area contributed by atoms with Gasteiger partial charge in [-0.2, -0.15) is 5.26 Å². The summed E-state index contributed by atoms with van der Waals surface area (Å²) in [5.41, 5.74) is 0.971. The second-order valence-electron chi connectivity index (χ2n) is 5.39. The molecule has 0 aromatic carbocycles. The van der Waals surface area contributed by atoms with E-state index in [4.69, 9.17) is 10.00 Å². The van der Waals surface area contributed by atoms with Crippen LogP contribution in [0.5, 0.6) is 5.75 Å². The van der Waals surface area contributed by atoms with Gasteiger partial charge < -0.3 is 15.0 Å². The van der Waals surface area contributed by atoms with Gasteiger partial charge >= 0.3 is 0 Å². The maximum atomic E-state index is 8.72. The van der Waals surface area contributed by atoms with E-state index in [1.54, 1.807) is 6.07 Å². The zero-order valence-corrected chi connectivity index (χ0v) is 13.6. The SMILES string of the molecule is Cc1nnc(Nc2cnc(C#N)cn2)cc1OC(C)CN(C)C. The Labute approximate surface area is 135 Å². The summed E-state index contributed by atoms with van der Waals surface area (Å²) >= 11 is 0. The number of aromatic nitrogens is 4. The Kier molecular flexibility index (Phi) is 5.38. The minimum atomic E-state index is 0.0236. The highest BCUT2D eigenvalue weighted by atomic mass is 16.5. The molecular formula is C15H19N7O. The van der Waals surface area contributed by atoms with E-state index >= 15 is 0 Å². The highest BCUT2D eigenvalue weighted by Gasteiger charge is 2.11. The lowest BCUT2D eigenvalue weighted by Crippen LogP contribution is -2.28. The van der Waals surface area contributed by atoms with Gasteiger partial charge in [0, 0.05) is 12.6 Å². The fourth-order valence-corrected chi connectivity index (χ4v) is 1.97. The molecule has 1 atom stereocenters. The van der Waals surface area contributed by atoms with E-state index in [0.29, 0.717) is 23.1 Å². The molecule has 0 fully saturated rings. The first kappa shape index (κ1) is 16.6. The number of nitriles is 1. The second kappa shape index (κ2) is 7.47. The Balaban J connectivity index is 2.11. The van der Waals surface area contributed by atoms with Gasteiger partial charge in [0.25, 0.3) is 0 Å². The summed E-state index contributed by atoms with van der Waals surface area (Å²) in [6.45, 7) is 4.64. The molecule has 0 saturated heterocycles. The van der Waals surface area contributed by atoms with Crippen LogP contribution in [0.15, 0.2) is 18.5 Å². The lowest BCUT2D eigenvalue weighted by molar-refractivity contribution is 0.175. The average molecular weight is 313 g/mol.